The molecule has 2 fully saturated rings. The first-order chi connectivity index (χ1) is 12.3. The van der Waals surface area contributed by atoms with Gasteiger partial charge in [0.15, 0.2) is 0 Å². The molecule has 1 aromatic rings. The molecule has 1 aromatic carbocycles. The van der Waals surface area contributed by atoms with E-state index in [1.165, 1.54) is 7.05 Å². The minimum Gasteiger partial charge on any atom is -0.480 e. The van der Waals surface area contributed by atoms with Gasteiger partial charge in [-0.25, -0.2) is 14.5 Å². The van der Waals surface area contributed by atoms with Crippen LogP contribution in [-0.4, -0.2) is 47.6 Å². The predicted octanol–water partition coefficient (Wildman–Crippen LogP) is 1.13. The van der Waals surface area contributed by atoms with Crippen molar-refractivity contribution in [1.82, 2.24) is 10.2 Å². The van der Waals surface area contributed by atoms with Gasteiger partial charge in [-0.15, -0.1) is 0 Å². The zero-order valence-electron chi connectivity index (χ0n) is 14.0. The highest BCUT2D eigenvalue weighted by Gasteiger charge is 2.67. The van der Waals surface area contributed by atoms with E-state index in [9.17, 15) is 19.2 Å². The largest absolute Gasteiger partial charge is 0.480 e. The van der Waals surface area contributed by atoms with Crippen LogP contribution in [0.3, 0.4) is 0 Å². The molecular weight excluding hydrogens is 342 g/mol. The van der Waals surface area contributed by atoms with Crippen molar-refractivity contribution >= 4 is 29.7 Å². The number of anilines is 1. The first-order valence-corrected chi connectivity index (χ1v) is 8.22. The number of carbonyl (C=O) groups excluding carboxylic acids is 3. The van der Waals surface area contributed by atoms with Crippen molar-refractivity contribution in [3.63, 3.8) is 0 Å². The number of hydrogen-bond donors (Lipinski definition) is 3. The van der Waals surface area contributed by atoms with Crippen molar-refractivity contribution in [3.05, 3.63) is 29.3 Å². The van der Waals surface area contributed by atoms with E-state index in [0.717, 1.165) is 18.4 Å². The van der Waals surface area contributed by atoms with Gasteiger partial charge in [-0.1, -0.05) is 6.07 Å². The summed E-state index contributed by atoms with van der Waals surface area (Å²) >= 11 is 0. The summed E-state index contributed by atoms with van der Waals surface area (Å²) < 4.78 is 5.45. The smallest absolute Gasteiger partial charge is 0.418 e. The van der Waals surface area contributed by atoms with Gasteiger partial charge in [0.1, 0.15) is 6.54 Å². The van der Waals surface area contributed by atoms with Crippen LogP contribution < -0.4 is 10.6 Å². The van der Waals surface area contributed by atoms with Gasteiger partial charge in [0.05, 0.1) is 0 Å². The van der Waals surface area contributed by atoms with Crippen LogP contribution in [-0.2, 0) is 25.3 Å². The SMILES string of the molecule is CNC(=O)Nc1ccc2c(c1)C1(CC1)CC21OC(=O)N(CC(=O)O)C1=O. The van der Waals surface area contributed by atoms with Crippen LogP contribution in [0.5, 0.6) is 0 Å². The Morgan fingerprint density at radius 3 is 2.62 bits per heavy atom. The molecule has 1 saturated carbocycles. The number of amides is 4. The first-order valence-electron chi connectivity index (χ1n) is 8.22. The molecule has 2 aliphatic carbocycles. The van der Waals surface area contributed by atoms with Crippen LogP contribution in [0.25, 0.3) is 0 Å². The lowest BCUT2D eigenvalue weighted by molar-refractivity contribution is -0.144. The molecule has 2 spiro atoms. The Morgan fingerprint density at radius 1 is 1.27 bits per heavy atom. The number of imide groups is 1. The van der Waals surface area contributed by atoms with Gasteiger partial charge in [-0.05, 0) is 30.5 Å². The number of urea groups is 1. The lowest BCUT2D eigenvalue weighted by Gasteiger charge is -2.20. The number of aliphatic carboxylic acids is 1. The Kier molecular flexibility index (Phi) is 3.27. The van der Waals surface area contributed by atoms with Gasteiger partial charge in [-0.2, -0.15) is 0 Å². The normalized spacial score (nSPS) is 24.6. The number of hydrogen-bond acceptors (Lipinski definition) is 5. The molecule has 4 rings (SSSR count). The third-order valence-corrected chi connectivity index (χ3v) is 5.32. The summed E-state index contributed by atoms with van der Waals surface area (Å²) in [6, 6.07) is 4.74. The number of nitrogens with one attached hydrogen (secondary N) is 2. The number of rotatable bonds is 3. The van der Waals surface area contributed by atoms with Gasteiger partial charge < -0.3 is 20.5 Å². The maximum atomic E-state index is 12.9. The molecule has 0 radical (unpaired) electrons. The van der Waals surface area contributed by atoms with E-state index in [4.69, 9.17) is 9.84 Å². The van der Waals surface area contributed by atoms with Gasteiger partial charge in [-0.3, -0.25) is 9.59 Å². The summed E-state index contributed by atoms with van der Waals surface area (Å²) in [5.74, 6) is -1.92. The molecule has 0 aromatic heterocycles. The van der Waals surface area contributed by atoms with Crippen molar-refractivity contribution in [2.75, 3.05) is 18.9 Å². The van der Waals surface area contributed by atoms with E-state index in [0.29, 0.717) is 22.6 Å². The van der Waals surface area contributed by atoms with E-state index in [-0.39, 0.29) is 11.4 Å². The molecule has 1 saturated heterocycles. The predicted molar refractivity (Wildman–Crippen MR) is 87.6 cm³/mol. The van der Waals surface area contributed by atoms with Crippen LogP contribution in [0.1, 0.15) is 30.4 Å². The molecule has 3 N–H and O–H groups in total. The Labute approximate surface area is 148 Å². The summed E-state index contributed by atoms with van der Waals surface area (Å²) in [5, 5.41) is 14.1. The molecule has 3 aliphatic rings. The zero-order chi connectivity index (χ0) is 18.7. The lowest BCUT2D eigenvalue weighted by atomic mass is 9.94. The maximum Gasteiger partial charge on any atom is 0.418 e. The molecule has 9 heteroatoms. The summed E-state index contributed by atoms with van der Waals surface area (Å²) in [5.41, 5.74) is 0.272. The van der Waals surface area contributed by atoms with Crippen LogP contribution in [0, 0.1) is 0 Å². The van der Waals surface area contributed by atoms with Gasteiger partial charge in [0.2, 0.25) is 5.60 Å². The number of nitrogens with zero attached hydrogens (tertiary/aromatic N) is 1. The minimum absolute atomic E-state index is 0.273. The Bertz CT molecular complexity index is 862. The fourth-order valence-electron chi connectivity index (χ4n) is 3.97. The molecule has 1 unspecified atom stereocenters. The minimum atomic E-state index is -1.47. The second-order valence-corrected chi connectivity index (χ2v) is 6.90. The third kappa shape index (κ3) is 2.16. The van der Waals surface area contributed by atoms with E-state index < -0.39 is 30.1 Å². The number of carboxylic acid groups (broad SMARTS) is 1. The quantitative estimate of drug-likeness (QED) is 0.743. The number of ether oxygens (including phenoxy) is 1. The Hall–Kier alpha value is -3.10. The second-order valence-electron chi connectivity index (χ2n) is 6.90. The molecule has 4 amide bonds. The average Bonchev–Trinajstić information content (AvgIpc) is 3.27. The Morgan fingerprint density at radius 2 is 2.00 bits per heavy atom. The second kappa shape index (κ2) is 5.20. The molecule has 0 bridgehead atoms. The molecule has 136 valence electrons. The number of benzene rings is 1. The van der Waals surface area contributed by atoms with Crippen molar-refractivity contribution in [3.8, 4) is 0 Å². The van der Waals surface area contributed by atoms with E-state index in [1.807, 2.05) is 0 Å². The zero-order valence-corrected chi connectivity index (χ0v) is 14.0. The first kappa shape index (κ1) is 16.4. The number of fused-ring (bicyclic) bond motifs is 3. The average molecular weight is 359 g/mol. The molecule has 9 nitrogen and oxygen atoms in total. The van der Waals surface area contributed by atoms with Crippen LogP contribution in [0.4, 0.5) is 15.3 Å². The fraction of sp³-hybridized carbons (Fsp3) is 0.412. The Balaban J connectivity index is 1.74. The summed E-state index contributed by atoms with van der Waals surface area (Å²) in [6.07, 6.45) is 1.05. The van der Waals surface area contributed by atoms with Crippen LogP contribution in [0.15, 0.2) is 18.2 Å². The highest BCUT2D eigenvalue weighted by molar-refractivity contribution is 6.06. The summed E-state index contributed by atoms with van der Waals surface area (Å²) in [7, 11) is 1.51. The molecule has 1 aliphatic heterocycles. The number of carbonyl (C=O) groups is 4. The standard InChI is InChI=1S/C17H17N3O6/c1-18-14(24)19-9-2-3-10-11(6-9)16(4-5-16)8-17(10)13(23)20(7-12(21)22)15(25)26-17/h2-3,6H,4-5,7-8H2,1H3,(H,21,22)(H2,18,19,24). The molecule has 1 heterocycles. The summed E-state index contributed by atoms with van der Waals surface area (Å²) in [4.78, 5) is 48.2. The summed E-state index contributed by atoms with van der Waals surface area (Å²) in [6.45, 7) is -0.724. The topological polar surface area (TPSA) is 125 Å². The maximum absolute atomic E-state index is 12.9. The van der Waals surface area contributed by atoms with Gasteiger partial charge in [0.25, 0.3) is 5.91 Å². The van der Waals surface area contributed by atoms with E-state index in [2.05, 4.69) is 10.6 Å². The lowest BCUT2D eigenvalue weighted by Crippen LogP contribution is -2.40. The van der Waals surface area contributed by atoms with E-state index >= 15 is 0 Å². The third-order valence-electron chi connectivity index (χ3n) is 5.32. The molecule has 26 heavy (non-hydrogen) atoms. The van der Waals surface area contributed by atoms with Crippen molar-refractivity contribution < 1.29 is 29.0 Å². The highest BCUT2D eigenvalue weighted by atomic mass is 16.6. The fourth-order valence-corrected chi connectivity index (χ4v) is 3.97. The van der Waals surface area contributed by atoms with E-state index in [1.54, 1.807) is 18.2 Å². The van der Waals surface area contributed by atoms with Crippen LogP contribution >= 0.6 is 0 Å². The van der Waals surface area contributed by atoms with Crippen molar-refractivity contribution in [2.24, 2.45) is 0 Å². The highest BCUT2D eigenvalue weighted by Crippen LogP contribution is 2.64. The van der Waals surface area contributed by atoms with Gasteiger partial charge in [0, 0.05) is 30.1 Å². The molecule has 1 atom stereocenters. The van der Waals surface area contributed by atoms with Crippen molar-refractivity contribution in [2.45, 2.75) is 30.3 Å². The molecular formula is C17H17N3O6. The van der Waals surface area contributed by atoms with Gasteiger partial charge >= 0.3 is 18.1 Å². The van der Waals surface area contributed by atoms with Crippen molar-refractivity contribution in [1.29, 1.82) is 0 Å². The monoisotopic (exact) mass is 359 g/mol. The number of carboxylic acids is 1. The van der Waals surface area contributed by atoms with Crippen LogP contribution in [0.2, 0.25) is 0 Å².